The molecular formula is C15H12N6O2S2. The van der Waals surface area contributed by atoms with E-state index in [-0.39, 0.29) is 5.91 Å². The maximum absolute atomic E-state index is 12.4. The van der Waals surface area contributed by atoms with Gasteiger partial charge in [0.2, 0.25) is 0 Å². The largest absolute Gasteiger partial charge is 0.494 e. The third kappa shape index (κ3) is 3.21. The molecule has 10 heteroatoms. The minimum atomic E-state index is -0.314. The minimum Gasteiger partial charge on any atom is -0.494 e. The number of fused-ring (bicyclic) bond motifs is 1. The van der Waals surface area contributed by atoms with Crippen LogP contribution in [0.2, 0.25) is 0 Å². The molecule has 1 aromatic carbocycles. The first-order chi connectivity index (χ1) is 12.2. The van der Waals surface area contributed by atoms with Crippen LogP contribution in [0.5, 0.6) is 5.75 Å². The number of aromatic amines is 1. The summed E-state index contributed by atoms with van der Waals surface area (Å²) in [5.41, 5.74) is 1.12. The molecule has 4 aromatic rings. The van der Waals surface area contributed by atoms with Crippen molar-refractivity contribution in [2.75, 3.05) is 11.9 Å². The molecule has 0 spiro atoms. The zero-order valence-electron chi connectivity index (χ0n) is 13.0. The van der Waals surface area contributed by atoms with Gasteiger partial charge < -0.3 is 4.74 Å². The second-order valence-electron chi connectivity index (χ2n) is 4.91. The van der Waals surface area contributed by atoms with Gasteiger partial charge in [-0.15, -0.1) is 11.3 Å². The van der Waals surface area contributed by atoms with Gasteiger partial charge in [-0.3, -0.25) is 15.2 Å². The van der Waals surface area contributed by atoms with E-state index >= 15 is 0 Å². The van der Waals surface area contributed by atoms with Crippen LogP contribution in [0.1, 0.15) is 17.4 Å². The van der Waals surface area contributed by atoms with E-state index in [9.17, 15) is 4.79 Å². The number of ether oxygens (including phenoxy) is 1. The van der Waals surface area contributed by atoms with Crippen LogP contribution in [0.25, 0.3) is 21.0 Å². The first kappa shape index (κ1) is 15.7. The summed E-state index contributed by atoms with van der Waals surface area (Å²) in [5.74, 6) is 1.01. The predicted octanol–water partition coefficient (Wildman–Crippen LogP) is 3.19. The Morgan fingerprint density at radius 3 is 3.08 bits per heavy atom. The van der Waals surface area contributed by atoms with Crippen molar-refractivity contribution in [2.24, 2.45) is 0 Å². The van der Waals surface area contributed by atoms with Gasteiger partial charge in [0.15, 0.2) is 16.0 Å². The number of hydrogen-bond donors (Lipinski definition) is 2. The molecule has 0 saturated heterocycles. The van der Waals surface area contributed by atoms with E-state index in [1.54, 1.807) is 5.38 Å². The van der Waals surface area contributed by atoms with E-state index in [0.717, 1.165) is 16.0 Å². The fourth-order valence-electron chi connectivity index (χ4n) is 2.17. The highest BCUT2D eigenvalue weighted by Crippen LogP contribution is 2.29. The van der Waals surface area contributed by atoms with Crippen molar-refractivity contribution in [2.45, 2.75) is 6.92 Å². The molecule has 0 atom stereocenters. The molecule has 0 radical (unpaired) electrons. The average molecular weight is 372 g/mol. The molecule has 126 valence electrons. The van der Waals surface area contributed by atoms with Crippen molar-refractivity contribution in [1.29, 1.82) is 0 Å². The summed E-state index contributed by atoms with van der Waals surface area (Å²) in [6, 6.07) is 5.65. The van der Waals surface area contributed by atoms with Crippen molar-refractivity contribution in [3.8, 4) is 16.6 Å². The second kappa shape index (κ2) is 6.57. The molecule has 0 aliphatic heterocycles. The Hall–Kier alpha value is -2.85. The number of H-pyrrole nitrogens is 1. The van der Waals surface area contributed by atoms with E-state index < -0.39 is 0 Å². The molecule has 0 aliphatic carbocycles. The molecule has 0 bridgehead atoms. The van der Waals surface area contributed by atoms with Crippen LogP contribution in [0, 0.1) is 0 Å². The lowest BCUT2D eigenvalue weighted by atomic mass is 10.3. The number of carbonyl (C=O) groups excluding carboxylic acids is 1. The normalized spacial score (nSPS) is 10.9. The molecule has 3 heterocycles. The number of nitrogens with one attached hydrogen (secondary N) is 2. The van der Waals surface area contributed by atoms with Gasteiger partial charge >= 0.3 is 0 Å². The molecule has 0 unspecified atom stereocenters. The molecule has 3 aromatic heterocycles. The Labute approximate surface area is 149 Å². The van der Waals surface area contributed by atoms with Crippen LogP contribution >= 0.6 is 22.7 Å². The zero-order chi connectivity index (χ0) is 17.2. The van der Waals surface area contributed by atoms with Gasteiger partial charge in [0.25, 0.3) is 5.91 Å². The number of thiazole rings is 2. The molecule has 2 N–H and O–H groups in total. The lowest BCUT2D eigenvalue weighted by Crippen LogP contribution is -2.11. The average Bonchev–Trinajstić information content (AvgIpc) is 3.34. The zero-order valence-corrected chi connectivity index (χ0v) is 14.6. The number of amides is 1. The monoisotopic (exact) mass is 372 g/mol. The summed E-state index contributed by atoms with van der Waals surface area (Å²) in [6.07, 6.45) is 1.40. The van der Waals surface area contributed by atoms with Gasteiger partial charge in [-0.05, 0) is 25.1 Å². The Kier molecular flexibility index (Phi) is 4.12. The Morgan fingerprint density at radius 2 is 2.28 bits per heavy atom. The lowest BCUT2D eigenvalue weighted by Gasteiger charge is -2.00. The lowest BCUT2D eigenvalue weighted by molar-refractivity contribution is 0.102. The van der Waals surface area contributed by atoms with Crippen molar-refractivity contribution < 1.29 is 9.53 Å². The molecule has 25 heavy (non-hydrogen) atoms. The predicted molar refractivity (Wildman–Crippen MR) is 96.2 cm³/mol. The molecule has 1 amide bonds. The number of carbonyl (C=O) groups is 1. The van der Waals surface area contributed by atoms with Crippen molar-refractivity contribution in [3.05, 3.63) is 35.6 Å². The van der Waals surface area contributed by atoms with Gasteiger partial charge in [0.05, 0.1) is 16.8 Å². The number of anilines is 1. The van der Waals surface area contributed by atoms with E-state index in [0.29, 0.717) is 28.3 Å². The summed E-state index contributed by atoms with van der Waals surface area (Å²) in [4.78, 5) is 25.1. The summed E-state index contributed by atoms with van der Waals surface area (Å²) >= 11 is 2.71. The SMILES string of the molecule is CCOc1ccc2nc(NC(=O)c3csc(-c4ncn[nH]4)n3)sc2c1. The smallest absolute Gasteiger partial charge is 0.276 e. The van der Waals surface area contributed by atoms with Crippen LogP contribution in [-0.4, -0.2) is 37.7 Å². The molecule has 8 nitrogen and oxygen atoms in total. The molecular weight excluding hydrogens is 360 g/mol. The van der Waals surface area contributed by atoms with Gasteiger partial charge in [-0.25, -0.2) is 15.0 Å². The minimum absolute atomic E-state index is 0.311. The summed E-state index contributed by atoms with van der Waals surface area (Å²) in [6.45, 7) is 2.54. The topological polar surface area (TPSA) is 106 Å². The Balaban J connectivity index is 1.53. The maximum atomic E-state index is 12.4. The third-order valence-electron chi connectivity index (χ3n) is 3.25. The highest BCUT2D eigenvalue weighted by molar-refractivity contribution is 7.22. The Bertz CT molecular complexity index is 1020. The van der Waals surface area contributed by atoms with Crippen LogP contribution in [-0.2, 0) is 0 Å². The van der Waals surface area contributed by atoms with Crippen molar-refractivity contribution in [3.63, 3.8) is 0 Å². The summed E-state index contributed by atoms with van der Waals surface area (Å²) < 4.78 is 6.43. The third-order valence-corrected chi connectivity index (χ3v) is 5.03. The Morgan fingerprint density at radius 1 is 1.36 bits per heavy atom. The highest BCUT2D eigenvalue weighted by atomic mass is 32.1. The van der Waals surface area contributed by atoms with Gasteiger partial charge in [0, 0.05) is 5.38 Å². The quantitative estimate of drug-likeness (QED) is 0.557. The van der Waals surface area contributed by atoms with E-state index in [1.807, 2.05) is 25.1 Å². The van der Waals surface area contributed by atoms with Gasteiger partial charge in [-0.2, -0.15) is 5.10 Å². The van der Waals surface area contributed by atoms with Gasteiger partial charge in [-0.1, -0.05) is 11.3 Å². The summed E-state index contributed by atoms with van der Waals surface area (Å²) in [5, 5.41) is 12.1. The number of nitrogens with zero attached hydrogens (tertiary/aromatic N) is 4. The first-order valence-corrected chi connectivity index (χ1v) is 9.08. The van der Waals surface area contributed by atoms with Crippen LogP contribution < -0.4 is 10.1 Å². The number of benzene rings is 1. The number of hydrogen-bond acceptors (Lipinski definition) is 8. The fourth-order valence-corrected chi connectivity index (χ4v) is 3.80. The molecule has 4 rings (SSSR count). The van der Waals surface area contributed by atoms with E-state index in [1.165, 1.54) is 29.0 Å². The fraction of sp³-hybridized carbons (Fsp3) is 0.133. The van der Waals surface area contributed by atoms with Crippen molar-refractivity contribution >= 4 is 43.9 Å². The number of aromatic nitrogens is 5. The van der Waals surface area contributed by atoms with Crippen LogP contribution in [0.15, 0.2) is 29.9 Å². The summed E-state index contributed by atoms with van der Waals surface area (Å²) in [7, 11) is 0. The highest BCUT2D eigenvalue weighted by Gasteiger charge is 2.15. The van der Waals surface area contributed by atoms with E-state index in [2.05, 4.69) is 30.5 Å². The molecule has 0 fully saturated rings. The van der Waals surface area contributed by atoms with Crippen LogP contribution in [0.3, 0.4) is 0 Å². The second-order valence-corrected chi connectivity index (χ2v) is 6.80. The van der Waals surface area contributed by atoms with E-state index in [4.69, 9.17) is 4.74 Å². The number of rotatable bonds is 5. The van der Waals surface area contributed by atoms with Gasteiger partial charge in [0.1, 0.15) is 17.8 Å². The molecule has 0 aliphatic rings. The molecule has 0 saturated carbocycles. The maximum Gasteiger partial charge on any atom is 0.276 e. The van der Waals surface area contributed by atoms with Crippen LogP contribution in [0.4, 0.5) is 5.13 Å². The standard InChI is InChI=1S/C15H12N6O2S2/c1-2-23-8-3-4-9-11(5-8)25-15(19-9)20-13(22)10-6-24-14(18-10)12-16-7-17-21-12/h3-7H,2H2,1H3,(H,16,17,21)(H,19,20,22). The first-order valence-electron chi connectivity index (χ1n) is 7.39. The van der Waals surface area contributed by atoms with Crippen molar-refractivity contribution in [1.82, 2.24) is 25.1 Å².